The lowest BCUT2D eigenvalue weighted by Gasteiger charge is -2.28. The number of halogens is 2. The molecule has 1 amide bonds. The topological polar surface area (TPSA) is 95.0 Å². The Hall–Kier alpha value is -4.01. The smallest absolute Gasteiger partial charge is 0.410 e. The fourth-order valence-corrected chi connectivity index (χ4v) is 6.15. The van der Waals surface area contributed by atoms with E-state index in [2.05, 4.69) is 27.3 Å². The second-order valence-corrected chi connectivity index (χ2v) is 13.7. The Morgan fingerprint density at radius 1 is 1.00 bits per heavy atom. The quantitative estimate of drug-likeness (QED) is 0.194. The van der Waals surface area contributed by atoms with Crippen molar-refractivity contribution < 1.29 is 19.4 Å². The first-order chi connectivity index (χ1) is 21.4. The molecule has 234 valence electrons. The number of nitrogens with one attached hydrogen (secondary N) is 1. The summed E-state index contributed by atoms with van der Waals surface area (Å²) in [7, 11) is 1.80. The summed E-state index contributed by atoms with van der Waals surface area (Å²) in [6.45, 7) is 7.15. The third-order valence-electron chi connectivity index (χ3n) is 8.33. The van der Waals surface area contributed by atoms with Gasteiger partial charge in [-0.15, -0.1) is 0 Å². The second-order valence-electron chi connectivity index (χ2n) is 12.9. The monoisotopic (exact) mass is 646 g/mol. The van der Waals surface area contributed by atoms with Gasteiger partial charge in [-0.25, -0.2) is 4.79 Å². The van der Waals surface area contributed by atoms with Crippen LogP contribution in [0.25, 0.3) is 22.0 Å². The fraction of sp³-hybridized carbons (Fsp3) is 0.343. The molecular weight excluding hydrogens is 611 g/mol. The summed E-state index contributed by atoms with van der Waals surface area (Å²) in [4.78, 5) is 34.6. The van der Waals surface area contributed by atoms with Crippen LogP contribution >= 0.6 is 23.2 Å². The standard InChI is InChI=1S/C35H36Cl2N4O4/c1-35(2,3)45-34(44)40(4)25-13-14-41(19-25)24-10-8-23(9-11-24)39-31-26-15-21(22-16-28(36)33(43)29(37)17-22)7-12-30(26)38-18-27(31)32(42)20-5-6-20/h7-12,15-18,20,25,43H,5-6,13-14,19H2,1-4H3,(H,38,39). The van der Waals surface area contributed by atoms with Crippen LogP contribution in [-0.2, 0) is 4.74 Å². The molecule has 1 aliphatic heterocycles. The molecule has 2 N–H and O–H groups in total. The molecule has 45 heavy (non-hydrogen) atoms. The first-order valence-corrected chi connectivity index (χ1v) is 15.9. The van der Waals surface area contributed by atoms with Crippen LogP contribution in [0, 0.1) is 5.92 Å². The first kappa shape index (κ1) is 31.0. The van der Waals surface area contributed by atoms with E-state index in [0.717, 1.165) is 59.2 Å². The minimum absolute atomic E-state index is 0.0204. The van der Waals surface area contributed by atoms with Crippen molar-refractivity contribution in [1.82, 2.24) is 9.88 Å². The van der Waals surface area contributed by atoms with Gasteiger partial charge < -0.3 is 25.0 Å². The number of carbonyl (C=O) groups is 2. The van der Waals surface area contributed by atoms with Crippen LogP contribution < -0.4 is 10.2 Å². The molecule has 2 aliphatic rings. The lowest BCUT2D eigenvalue weighted by molar-refractivity contribution is 0.0237. The summed E-state index contributed by atoms with van der Waals surface area (Å²) < 4.78 is 5.56. The SMILES string of the molecule is CN(C(=O)OC(C)(C)C)C1CCN(c2ccc(Nc3c(C(=O)C4CC4)cnc4ccc(-c5cc(Cl)c(O)c(Cl)c5)cc34)cc2)C1. The molecule has 10 heteroatoms. The molecule has 0 radical (unpaired) electrons. The van der Waals surface area contributed by atoms with Crippen LogP contribution in [0.15, 0.2) is 60.8 Å². The number of rotatable bonds is 7. The number of phenols is 1. The normalized spacial score (nSPS) is 16.6. The predicted molar refractivity (Wildman–Crippen MR) is 180 cm³/mol. The molecule has 2 heterocycles. The number of phenolic OH excluding ortho intramolecular Hbond substituents is 1. The minimum atomic E-state index is -0.537. The Labute approximate surface area is 272 Å². The van der Waals surface area contributed by atoms with E-state index in [9.17, 15) is 14.7 Å². The number of likely N-dealkylation sites (N-methyl/N-ethyl adjacent to an activating group) is 1. The van der Waals surface area contributed by atoms with Crippen LogP contribution in [0.2, 0.25) is 10.0 Å². The van der Waals surface area contributed by atoms with Gasteiger partial charge in [-0.05, 0) is 99.7 Å². The van der Waals surface area contributed by atoms with E-state index < -0.39 is 5.60 Å². The first-order valence-electron chi connectivity index (χ1n) is 15.1. The molecule has 0 bridgehead atoms. The molecule has 8 nitrogen and oxygen atoms in total. The lowest BCUT2D eigenvalue weighted by atomic mass is 9.98. The number of pyridine rings is 1. The highest BCUT2D eigenvalue weighted by molar-refractivity contribution is 6.37. The Kier molecular flexibility index (Phi) is 8.31. The van der Waals surface area contributed by atoms with Crippen LogP contribution in [0.1, 0.15) is 50.4 Å². The van der Waals surface area contributed by atoms with Gasteiger partial charge in [0.15, 0.2) is 11.5 Å². The maximum absolute atomic E-state index is 13.4. The number of aromatic hydroxyl groups is 1. The van der Waals surface area contributed by atoms with Crippen molar-refractivity contribution in [2.45, 2.75) is 51.7 Å². The number of Topliss-reactive ketones (excluding diaryl/α,β-unsaturated/α-hetero) is 1. The van der Waals surface area contributed by atoms with Gasteiger partial charge in [-0.1, -0.05) is 29.3 Å². The highest BCUT2D eigenvalue weighted by Gasteiger charge is 2.33. The highest BCUT2D eigenvalue weighted by atomic mass is 35.5. The van der Waals surface area contributed by atoms with Gasteiger partial charge in [0.25, 0.3) is 0 Å². The van der Waals surface area contributed by atoms with Crippen molar-refractivity contribution in [3.63, 3.8) is 0 Å². The third-order valence-corrected chi connectivity index (χ3v) is 8.90. The van der Waals surface area contributed by atoms with Crippen molar-refractivity contribution in [3.05, 3.63) is 76.4 Å². The van der Waals surface area contributed by atoms with Crippen LogP contribution in [0.4, 0.5) is 21.9 Å². The Morgan fingerprint density at radius 3 is 2.33 bits per heavy atom. The van der Waals surface area contributed by atoms with E-state index in [4.69, 9.17) is 27.9 Å². The van der Waals surface area contributed by atoms with Gasteiger partial charge in [-0.2, -0.15) is 0 Å². The van der Waals surface area contributed by atoms with Crippen LogP contribution in [0.5, 0.6) is 5.75 Å². The second kappa shape index (κ2) is 12.1. The van der Waals surface area contributed by atoms with E-state index >= 15 is 0 Å². The Morgan fingerprint density at radius 2 is 1.69 bits per heavy atom. The van der Waals surface area contributed by atoms with Crippen molar-refractivity contribution in [2.24, 2.45) is 5.92 Å². The summed E-state index contributed by atoms with van der Waals surface area (Å²) in [5, 5.41) is 14.7. The number of aromatic nitrogens is 1. The molecule has 0 spiro atoms. The molecule has 4 aromatic rings. The number of benzene rings is 3. The van der Waals surface area contributed by atoms with E-state index in [1.54, 1.807) is 30.3 Å². The van der Waals surface area contributed by atoms with E-state index in [1.165, 1.54) is 0 Å². The molecule has 1 atom stereocenters. The molecular formula is C35H36Cl2N4O4. The number of amides is 1. The zero-order valence-electron chi connectivity index (χ0n) is 25.7. The number of hydrogen-bond donors (Lipinski definition) is 2. The Bertz CT molecular complexity index is 1760. The fourth-order valence-electron chi connectivity index (χ4n) is 5.67. The number of hydrogen-bond acceptors (Lipinski definition) is 7. The van der Waals surface area contributed by atoms with Gasteiger partial charge in [0, 0.05) is 49.0 Å². The van der Waals surface area contributed by atoms with Gasteiger partial charge in [0.2, 0.25) is 0 Å². The van der Waals surface area contributed by atoms with Crippen molar-refractivity contribution >= 4 is 63.0 Å². The van der Waals surface area contributed by atoms with Crippen LogP contribution in [0.3, 0.4) is 0 Å². The highest BCUT2D eigenvalue weighted by Crippen LogP contribution is 2.41. The van der Waals surface area contributed by atoms with E-state index in [-0.39, 0.29) is 39.6 Å². The summed E-state index contributed by atoms with van der Waals surface area (Å²) in [6, 6.07) is 17.3. The average Bonchev–Trinajstić information content (AvgIpc) is 3.74. The molecule has 1 aliphatic carbocycles. The largest absolute Gasteiger partial charge is 0.505 e. The molecule has 1 aromatic heterocycles. The van der Waals surface area contributed by atoms with Crippen molar-refractivity contribution in [3.8, 4) is 16.9 Å². The Balaban J connectivity index is 1.27. The summed E-state index contributed by atoms with van der Waals surface area (Å²) in [5.74, 6) is -0.0546. The summed E-state index contributed by atoms with van der Waals surface area (Å²) >= 11 is 12.4. The molecule has 6 rings (SSSR count). The van der Waals surface area contributed by atoms with Gasteiger partial charge >= 0.3 is 6.09 Å². The summed E-state index contributed by atoms with van der Waals surface area (Å²) in [6.07, 6.45) is 3.98. The molecule has 1 unspecified atom stereocenters. The molecule has 1 saturated heterocycles. The number of fused-ring (bicyclic) bond motifs is 1. The molecule has 3 aromatic carbocycles. The molecule has 2 fully saturated rings. The van der Waals surface area contributed by atoms with Crippen molar-refractivity contribution in [1.29, 1.82) is 0 Å². The lowest BCUT2D eigenvalue weighted by Crippen LogP contribution is -2.42. The molecule has 1 saturated carbocycles. The van der Waals surface area contributed by atoms with Crippen molar-refractivity contribution in [2.75, 3.05) is 30.4 Å². The van der Waals surface area contributed by atoms with Gasteiger partial charge in [-0.3, -0.25) is 9.78 Å². The van der Waals surface area contributed by atoms with Gasteiger partial charge in [0.1, 0.15) is 5.60 Å². The third kappa shape index (κ3) is 6.67. The summed E-state index contributed by atoms with van der Waals surface area (Å²) in [5.41, 5.74) is 4.89. The van der Waals surface area contributed by atoms with Crippen LogP contribution in [-0.4, -0.2) is 58.6 Å². The number of ether oxygens (including phenoxy) is 1. The number of ketones is 1. The number of nitrogens with zero attached hydrogens (tertiary/aromatic N) is 3. The van der Waals surface area contributed by atoms with E-state index in [1.807, 2.05) is 51.1 Å². The zero-order valence-corrected chi connectivity index (χ0v) is 27.2. The average molecular weight is 648 g/mol. The zero-order chi connectivity index (χ0) is 32.0. The van der Waals surface area contributed by atoms with Gasteiger partial charge in [0.05, 0.1) is 32.9 Å². The van der Waals surface area contributed by atoms with E-state index in [0.29, 0.717) is 17.8 Å². The maximum atomic E-state index is 13.4. The predicted octanol–water partition coefficient (Wildman–Crippen LogP) is 8.70. The number of carbonyl (C=O) groups excluding carboxylic acids is 2. The minimum Gasteiger partial charge on any atom is -0.505 e. The number of anilines is 3. The maximum Gasteiger partial charge on any atom is 0.410 e.